The second kappa shape index (κ2) is 8.44. The number of para-hydroxylation sites is 1. The monoisotopic (exact) mass is 431 g/mol. The number of hydrogen-bond acceptors (Lipinski definition) is 3. The van der Waals surface area contributed by atoms with Crippen molar-refractivity contribution in [3.8, 4) is 11.5 Å². The van der Waals surface area contributed by atoms with Crippen molar-refractivity contribution >= 4 is 27.5 Å². The molecular formula is C18H17BrF3NO3. The molecule has 0 aliphatic carbocycles. The Kier molecular flexibility index (Phi) is 6.52. The summed E-state index contributed by atoms with van der Waals surface area (Å²) in [5.41, 5.74) is -1.09. The summed E-state index contributed by atoms with van der Waals surface area (Å²) in [4.78, 5) is 12.4. The van der Waals surface area contributed by atoms with E-state index in [2.05, 4.69) is 21.2 Å². The van der Waals surface area contributed by atoms with E-state index in [1.165, 1.54) is 37.4 Å². The highest BCUT2D eigenvalue weighted by molar-refractivity contribution is 9.10. The van der Waals surface area contributed by atoms with E-state index in [4.69, 9.17) is 9.47 Å². The van der Waals surface area contributed by atoms with Gasteiger partial charge in [0.05, 0.1) is 29.4 Å². The van der Waals surface area contributed by atoms with Crippen molar-refractivity contribution in [3.05, 3.63) is 52.0 Å². The fourth-order valence-electron chi connectivity index (χ4n) is 2.23. The van der Waals surface area contributed by atoms with Gasteiger partial charge in [-0.25, -0.2) is 0 Å². The Balaban J connectivity index is 2.33. The van der Waals surface area contributed by atoms with Gasteiger partial charge in [-0.1, -0.05) is 19.1 Å². The van der Waals surface area contributed by atoms with Crippen LogP contribution in [0, 0.1) is 0 Å². The maximum Gasteiger partial charge on any atom is 0.418 e. The molecule has 0 spiro atoms. The van der Waals surface area contributed by atoms with E-state index >= 15 is 0 Å². The van der Waals surface area contributed by atoms with Crippen LogP contribution >= 0.6 is 15.9 Å². The molecule has 140 valence electrons. The summed E-state index contributed by atoms with van der Waals surface area (Å²) in [7, 11) is 1.42. The fraction of sp³-hybridized carbons (Fsp3) is 0.278. The molecule has 0 fully saturated rings. The summed E-state index contributed by atoms with van der Waals surface area (Å²) in [5, 5.41) is 2.30. The minimum absolute atomic E-state index is 0.134. The molecule has 8 heteroatoms. The first kappa shape index (κ1) is 20.1. The van der Waals surface area contributed by atoms with Crippen LogP contribution in [-0.4, -0.2) is 19.6 Å². The zero-order valence-corrected chi connectivity index (χ0v) is 15.7. The fourth-order valence-corrected chi connectivity index (χ4v) is 2.79. The van der Waals surface area contributed by atoms with Crippen LogP contribution in [0.4, 0.5) is 18.9 Å². The van der Waals surface area contributed by atoms with Gasteiger partial charge < -0.3 is 14.8 Å². The molecular weight excluding hydrogens is 415 g/mol. The molecule has 0 heterocycles. The molecule has 26 heavy (non-hydrogen) atoms. The molecule has 2 aromatic rings. The van der Waals surface area contributed by atoms with Gasteiger partial charge in [-0.2, -0.15) is 13.2 Å². The molecule has 0 saturated carbocycles. The van der Waals surface area contributed by atoms with E-state index in [9.17, 15) is 18.0 Å². The van der Waals surface area contributed by atoms with Gasteiger partial charge in [0.15, 0.2) is 11.5 Å². The highest BCUT2D eigenvalue weighted by Crippen LogP contribution is 2.38. The lowest BCUT2D eigenvalue weighted by atomic mass is 10.1. The number of amides is 1. The Morgan fingerprint density at radius 1 is 1.23 bits per heavy atom. The maximum atomic E-state index is 13.1. The summed E-state index contributed by atoms with van der Waals surface area (Å²) < 4.78 is 50.5. The molecule has 0 aliphatic rings. The van der Waals surface area contributed by atoms with Gasteiger partial charge >= 0.3 is 6.18 Å². The first-order chi connectivity index (χ1) is 12.3. The van der Waals surface area contributed by atoms with Crippen LogP contribution in [0.1, 0.15) is 29.3 Å². The number of alkyl halides is 3. The molecule has 1 N–H and O–H groups in total. The first-order valence-corrected chi connectivity index (χ1v) is 8.55. The van der Waals surface area contributed by atoms with Crippen molar-refractivity contribution < 1.29 is 27.4 Å². The number of carbonyl (C=O) groups excluding carboxylic acids is 1. The van der Waals surface area contributed by atoms with Crippen LogP contribution in [0.2, 0.25) is 0 Å². The smallest absolute Gasteiger partial charge is 0.418 e. The van der Waals surface area contributed by atoms with Gasteiger partial charge in [-0.05, 0) is 46.6 Å². The van der Waals surface area contributed by atoms with Gasteiger partial charge in [0.25, 0.3) is 5.91 Å². The molecule has 0 bridgehead atoms. The molecule has 0 radical (unpaired) electrons. The zero-order valence-electron chi connectivity index (χ0n) is 14.1. The topological polar surface area (TPSA) is 47.6 Å². The lowest BCUT2D eigenvalue weighted by Gasteiger charge is -2.16. The number of benzene rings is 2. The van der Waals surface area contributed by atoms with Crippen LogP contribution in [0.25, 0.3) is 0 Å². The number of carbonyl (C=O) groups is 1. The van der Waals surface area contributed by atoms with Crippen molar-refractivity contribution in [2.75, 3.05) is 19.0 Å². The Bertz CT molecular complexity index is 794. The third-order valence-corrected chi connectivity index (χ3v) is 4.01. The molecule has 2 aromatic carbocycles. The second-order valence-electron chi connectivity index (χ2n) is 5.34. The Hall–Kier alpha value is -2.22. The lowest BCUT2D eigenvalue weighted by Crippen LogP contribution is -2.17. The van der Waals surface area contributed by atoms with Gasteiger partial charge in [0, 0.05) is 5.56 Å². The van der Waals surface area contributed by atoms with Crippen LogP contribution < -0.4 is 14.8 Å². The number of nitrogens with one attached hydrogen (secondary N) is 1. The molecule has 0 unspecified atom stereocenters. The summed E-state index contributed by atoms with van der Waals surface area (Å²) in [6.45, 7) is 2.40. The molecule has 0 aliphatic heterocycles. The minimum Gasteiger partial charge on any atom is -0.493 e. The van der Waals surface area contributed by atoms with E-state index in [1.54, 1.807) is 0 Å². The Labute approximate surface area is 157 Å². The number of anilines is 1. The van der Waals surface area contributed by atoms with Crippen LogP contribution in [0.3, 0.4) is 0 Å². The Morgan fingerprint density at radius 2 is 1.92 bits per heavy atom. The third kappa shape index (κ3) is 4.69. The van der Waals surface area contributed by atoms with Gasteiger partial charge in [-0.15, -0.1) is 0 Å². The van der Waals surface area contributed by atoms with Gasteiger partial charge in [0.1, 0.15) is 0 Å². The number of rotatable bonds is 6. The second-order valence-corrected chi connectivity index (χ2v) is 6.19. The van der Waals surface area contributed by atoms with Gasteiger partial charge in [0.2, 0.25) is 0 Å². The standard InChI is InChI=1S/C18H17BrF3NO3/c1-3-8-26-16-13(19)9-11(10-15(16)25-2)17(24)23-14-7-5-4-6-12(14)18(20,21)22/h4-7,9-10H,3,8H2,1-2H3,(H,23,24). The number of ether oxygens (including phenoxy) is 2. The van der Waals surface area contributed by atoms with Crippen LogP contribution in [0.15, 0.2) is 40.9 Å². The number of hydrogen-bond donors (Lipinski definition) is 1. The zero-order chi connectivity index (χ0) is 19.3. The highest BCUT2D eigenvalue weighted by atomic mass is 79.9. The summed E-state index contributed by atoms with van der Waals surface area (Å²) in [6.07, 6.45) is -3.79. The van der Waals surface area contributed by atoms with E-state index < -0.39 is 17.6 Å². The van der Waals surface area contributed by atoms with Gasteiger partial charge in [-0.3, -0.25) is 4.79 Å². The average Bonchev–Trinajstić information content (AvgIpc) is 2.59. The summed E-state index contributed by atoms with van der Waals surface area (Å²) in [6, 6.07) is 7.68. The first-order valence-electron chi connectivity index (χ1n) is 7.75. The molecule has 1 amide bonds. The van der Waals surface area contributed by atoms with Crippen molar-refractivity contribution in [3.63, 3.8) is 0 Å². The molecule has 4 nitrogen and oxygen atoms in total. The maximum absolute atomic E-state index is 13.1. The Morgan fingerprint density at radius 3 is 2.54 bits per heavy atom. The molecule has 0 saturated heterocycles. The predicted molar refractivity (Wildman–Crippen MR) is 95.9 cm³/mol. The largest absolute Gasteiger partial charge is 0.493 e. The van der Waals surface area contributed by atoms with E-state index in [0.29, 0.717) is 22.6 Å². The van der Waals surface area contributed by atoms with Crippen molar-refractivity contribution in [2.45, 2.75) is 19.5 Å². The number of halogens is 4. The lowest BCUT2D eigenvalue weighted by molar-refractivity contribution is -0.136. The quantitative estimate of drug-likeness (QED) is 0.654. The molecule has 0 atom stereocenters. The molecule has 0 aromatic heterocycles. The van der Waals surface area contributed by atoms with Crippen LogP contribution in [0.5, 0.6) is 11.5 Å². The van der Waals surface area contributed by atoms with Crippen molar-refractivity contribution in [1.29, 1.82) is 0 Å². The predicted octanol–water partition coefficient (Wildman–Crippen LogP) is 5.52. The van der Waals surface area contributed by atoms with Crippen molar-refractivity contribution in [2.24, 2.45) is 0 Å². The average molecular weight is 432 g/mol. The summed E-state index contributed by atoms with van der Waals surface area (Å²) >= 11 is 3.30. The number of methoxy groups -OCH3 is 1. The highest BCUT2D eigenvalue weighted by Gasteiger charge is 2.33. The summed E-state index contributed by atoms with van der Waals surface area (Å²) in [5.74, 6) is 0.0476. The SMILES string of the molecule is CCCOc1c(Br)cc(C(=O)Nc2ccccc2C(F)(F)F)cc1OC. The molecule has 2 rings (SSSR count). The van der Waals surface area contributed by atoms with Crippen molar-refractivity contribution in [1.82, 2.24) is 0 Å². The van der Waals surface area contributed by atoms with E-state index in [-0.39, 0.29) is 11.3 Å². The van der Waals surface area contributed by atoms with E-state index in [0.717, 1.165) is 12.5 Å². The normalized spacial score (nSPS) is 11.2. The third-order valence-electron chi connectivity index (χ3n) is 3.42. The minimum atomic E-state index is -4.57. The van der Waals surface area contributed by atoms with Crippen LogP contribution in [-0.2, 0) is 6.18 Å². The van der Waals surface area contributed by atoms with E-state index in [1.807, 2.05) is 6.92 Å².